The predicted octanol–water partition coefficient (Wildman–Crippen LogP) is 3.95. The van der Waals surface area contributed by atoms with Crippen LogP contribution in [0.5, 0.6) is 0 Å². The van der Waals surface area contributed by atoms with Crippen LogP contribution >= 0.6 is 15.9 Å². The second-order valence-electron chi connectivity index (χ2n) is 7.41. The monoisotopic (exact) mass is 454 g/mol. The van der Waals surface area contributed by atoms with E-state index in [4.69, 9.17) is 4.42 Å². The lowest BCUT2D eigenvalue weighted by molar-refractivity contribution is 0.0919. The van der Waals surface area contributed by atoms with E-state index in [1.54, 1.807) is 12.1 Å². The maximum Gasteiger partial charge on any atom is 0.347 e. The van der Waals surface area contributed by atoms with Crippen molar-refractivity contribution in [3.63, 3.8) is 0 Å². The molecule has 4 rings (SSSR count). The molecule has 5 nitrogen and oxygen atoms in total. The smallest absolute Gasteiger partial charge is 0.347 e. The first-order valence-corrected chi connectivity index (χ1v) is 10.6. The zero-order valence-corrected chi connectivity index (χ0v) is 17.7. The molecular formula is C23H23BrN2O3. The molecule has 2 heterocycles. The van der Waals surface area contributed by atoms with Crippen molar-refractivity contribution >= 4 is 32.7 Å². The highest BCUT2D eigenvalue weighted by Crippen LogP contribution is 2.20. The maximum absolute atomic E-state index is 12.6. The molecule has 1 aliphatic heterocycles. The maximum atomic E-state index is 12.6. The van der Waals surface area contributed by atoms with Crippen LogP contribution in [0.2, 0.25) is 0 Å². The number of hydrogen-bond acceptors (Lipinski definition) is 5. The quantitative estimate of drug-likeness (QED) is 0.416. The van der Waals surface area contributed by atoms with Gasteiger partial charge in [-0.2, -0.15) is 0 Å². The van der Waals surface area contributed by atoms with E-state index in [2.05, 4.69) is 50.0 Å². The van der Waals surface area contributed by atoms with Gasteiger partial charge in [-0.25, -0.2) is 4.79 Å². The van der Waals surface area contributed by atoms with E-state index in [-0.39, 0.29) is 11.3 Å². The van der Waals surface area contributed by atoms with Crippen molar-refractivity contribution in [2.45, 2.75) is 13.0 Å². The Hall–Kier alpha value is -2.28. The summed E-state index contributed by atoms with van der Waals surface area (Å²) in [7, 11) is 0. The van der Waals surface area contributed by atoms with Gasteiger partial charge in [0.15, 0.2) is 5.78 Å². The molecule has 0 aliphatic carbocycles. The lowest BCUT2D eigenvalue weighted by Gasteiger charge is -2.34. The Morgan fingerprint density at radius 1 is 0.966 bits per heavy atom. The van der Waals surface area contributed by atoms with Crippen molar-refractivity contribution in [3.05, 3.63) is 80.6 Å². The Kier molecular flexibility index (Phi) is 6.23. The molecule has 0 bridgehead atoms. The molecule has 150 valence electrons. The zero-order valence-electron chi connectivity index (χ0n) is 16.1. The van der Waals surface area contributed by atoms with Crippen molar-refractivity contribution < 1.29 is 9.21 Å². The number of carbonyl (C=O) groups is 1. The van der Waals surface area contributed by atoms with Gasteiger partial charge in [-0.3, -0.25) is 9.69 Å². The number of carbonyl (C=O) groups excluding carboxylic acids is 1. The SMILES string of the molecule is O=C(CCN1CCN(Cc2ccccc2)CC1)c1cc2cc(Br)ccc2oc1=O. The number of nitrogens with zero attached hydrogens (tertiary/aromatic N) is 2. The van der Waals surface area contributed by atoms with E-state index in [1.807, 2.05) is 18.2 Å². The van der Waals surface area contributed by atoms with E-state index in [0.717, 1.165) is 42.6 Å². The van der Waals surface area contributed by atoms with Crippen LogP contribution in [0.25, 0.3) is 11.0 Å². The molecule has 0 N–H and O–H groups in total. The Morgan fingerprint density at radius 2 is 1.69 bits per heavy atom. The van der Waals surface area contributed by atoms with E-state index in [9.17, 15) is 9.59 Å². The Balaban J connectivity index is 1.32. The molecule has 0 atom stereocenters. The van der Waals surface area contributed by atoms with Gasteiger partial charge in [0, 0.05) is 55.5 Å². The standard InChI is InChI=1S/C23H23BrN2O3/c24-19-6-7-22-18(14-19)15-20(23(28)29-22)21(27)8-9-25-10-12-26(13-11-25)16-17-4-2-1-3-5-17/h1-7,14-15H,8-13,16H2. The minimum absolute atomic E-state index is 0.137. The summed E-state index contributed by atoms with van der Waals surface area (Å²) in [6.07, 6.45) is 0.322. The number of rotatable bonds is 6. The Bertz CT molecular complexity index is 1060. The van der Waals surface area contributed by atoms with Crippen LogP contribution in [0.4, 0.5) is 0 Å². The molecule has 1 fully saturated rings. The third-order valence-corrected chi connectivity index (χ3v) is 5.86. The fraction of sp³-hybridized carbons (Fsp3) is 0.304. The Morgan fingerprint density at radius 3 is 2.45 bits per heavy atom. The minimum Gasteiger partial charge on any atom is -0.422 e. The largest absolute Gasteiger partial charge is 0.422 e. The summed E-state index contributed by atoms with van der Waals surface area (Å²) < 4.78 is 6.19. The van der Waals surface area contributed by atoms with Crippen molar-refractivity contribution in [2.24, 2.45) is 0 Å². The molecule has 29 heavy (non-hydrogen) atoms. The van der Waals surface area contributed by atoms with Crippen LogP contribution in [-0.4, -0.2) is 48.3 Å². The van der Waals surface area contributed by atoms with Gasteiger partial charge in [-0.05, 0) is 29.8 Å². The number of benzene rings is 2. The van der Waals surface area contributed by atoms with E-state index >= 15 is 0 Å². The molecule has 2 aromatic carbocycles. The average Bonchev–Trinajstić information content (AvgIpc) is 2.73. The number of hydrogen-bond donors (Lipinski definition) is 0. The van der Waals surface area contributed by atoms with Gasteiger partial charge in [0.1, 0.15) is 11.1 Å². The second kappa shape index (κ2) is 9.03. The minimum atomic E-state index is -0.558. The molecule has 1 saturated heterocycles. The van der Waals surface area contributed by atoms with Crippen LogP contribution in [-0.2, 0) is 6.54 Å². The van der Waals surface area contributed by atoms with Crippen LogP contribution in [0.3, 0.4) is 0 Å². The highest BCUT2D eigenvalue weighted by Gasteiger charge is 2.19. The first kappa shape index (κ1) is 20.0. The van der Waals surface area contributed by atoms with Crippen molar-refractivity contribution in [1.82, 2.24) is 9.80 Å². The zero-order chi connectivity index (χ0) is 20.2. The fourth-order valence-electron chi connectivity index (χ4n) is 3.70. The fourth-order valence-corrected chi connectivity index (χ4v) is 4.07. The van der Waals surface area contributed by atoms with Gasteiger partial charge in [0.25, 0.3) is 0 Å². The second-order valence-corrected chi connectivity index (χ2v) is 8.32. The van der Waals surface area contributed by atoms with Gasteiger partial charge in [0.2, 0.25) is 0 Å². The van der Waals surface area contributed by atoms with Gasteiger partial charge >= 0.3 is 5.63 Å². The van der Waals surface area contributed by atoms with Crippen LogP contribution in [0, 0.1) is 0 Å². The van der Waals surface area contributed by atoms with Crippen molar-refractivity contribution in [3.8, 4) is 0 Å². The van der Waals surface area contributed by atoms with E-state index in [1.165, 1.54) is 5.56 Å². The molecule has 0 saturated carbocycles. The molecule has 6 heteroatoms. The molecule has 0 radical (unpaired) electrons. The lowest BCUT2D eigenvalue weighted by atomic mass is 10.1. The summed E-state index contributed by atoms with van der Waals surface area (Å²) in [5.74, 6) is -0.160. The molecule has 0 unspecified atom stereocenters. The van der Waals surface area contributed by atoms with E-state index in [0.29, 0.717) is 18.5 Å². The molecule has 1 aliphatic rings. The topological polar surface area (TPSA) is 53.8 Å². The number of fused-ring (bicyclic) bond motifs is 1. The van der Waals surface area contributed by atoms with Crippen LogP contribution in [0.1, 0.15) is 22.3 Å². The third kappa shape index (κ3) is 5.01. The number of halogens is 1. The summed E-state index contributed by atoms with van der Waals surface area (Å²) >= 11 is 3.41. The van der Waals surface area contributed by atoms with E-state index < -0.39 is 5.63 Å². The normalized spacial score (nSPS) is 15.6. The number of Topliss-reactive ketones (excluding diaryl/α,β-unsaturated/α-hetero) is 1. The van der Waals surface area contributed by atoms with Gasteiger partial charge < -0.3 is 9.32 Å². The molecule has 0 amide bonds. The average molecular weight is 455 g/mol. The van der Waals surface area contributed by atoms with Crippen LogP contribution < -0.4 is 5.63 Å². The third-order valence-electron chi connectivity index (χ3n) is 5.36. The lowest BCUT2D eigenvalue weighted by Crippen LogP contribution is -2.46. The molecule has 1 aromatic heterocycles. The summed E-state index contributed by atoms with van der Waals surface area (Å²) in [4.78, 5) is 29.6. The van der Waals surface area contributed by atoms with Crippen molar-refractivity contribution in [2.75, 3.05) is 32.7 Å². The first-order chi connectivity index (χ1) is 14.1. The van der Waals surface area contributed by atoms with Gasteiger partial charge in [-0.15, -0.1) is 0 Å². The predicted molar refractivity (Wildman–Crippen MR) is 117 cm³/mol. The highest BCUT2D eigenvalue weighted by molar-refractivity contribution is 9.10. The Labute approximate surface area is 178 Å². The summed E-state index contributed by atoms with van der Waals surface area (Å²) in [5, 5.41) is 0.747. The number of ketones is 1. The highest BCUT2D eigenvalue weighted by atomic mass is 79.9. The summed E-state index contributed by atoms with van der Waals surface area (Å²) in [6, 6.07) is 17.5. The summed E-state index contributed by atoms with van der Waals surface area (Å²) in [6.45, 7) is 5.44. The van der Waals surface area contributed by atoms with Crippen LogP contribution in [0.15, 0.2) is 68.3 Å². The molecule has 0 spiro atoms. The van der Waals surface area contributed by atoms with Gasteiger partial charge in [0.05, 0.1) is 0 Å². The van der Waals surface area contributed by atoms with Gasteiger partial charge in [-0.1, -0.05) is 46.3 Å². The molecule has 3 aromatic rings. The van der Waals surface area contributed by atoms with Crippen molar-refractivity contribution in [1.29, 1.82) is 0 Å². The number of piperazine rings is 1. The first-order valence-electron chi connectivity index (χ1n) is 9.84. The molecular weight excluding hydrogens is 432 g/mol. The summed E-state index contributed by atoms with van der Waals surface area (Å²) in [5.41, 5.74) is 1.39.